The van der Waals surface area contributed by atoms with Crippen LogP contribution in [0, 0.1) is 12.8 Å². The van der Waals surface area contributed by atoms with Crippen LogP contribution in [0.3, 0.4) is 0 Å². The Labute approximate surface area is 148 Å². The first-order valence-electron chi connectivity index (χ1n) is 9.32. The zero-order valence-corrected chi connectivity index (χ0v) is 15.2. The van der Waals surface area contributed by atoms with Crippen LogP contribution in [0.15, 0.2) is 0 Å². The first-order chi connectivity index (χ1) is 12.1. The van der Waals surface area contributed by atoms with Crippen LogP contribution in [0.25, 0.3) is 0 Å². The fraction of sp³-hybridized carbons (Fsp3) is 0.722. The summed E-state index contributed by atoms with van der Waals surface area (Å²) < 4.78 is 5.15. The molecule has 0 aliphatic carbocycles. The van der Waals surface area contributed by atoms with Crippen molar-refractivity contribution in [3.05, 3.63) is 17.0 Å². The van der Waals surface area contributed by atoms with Gasteiger partial charge in [0, 0.05) is 31.9 Å². The minimum absolute atomic E-state index is 0.0675. The number of piperidine rings is 1. The molecule has 25 heavy (non-hydrogen) atoms. The van der Waals surface area contributed by atoms with Gasteiger partial charge < -0.3 is 9.64 Å². The van der Waals surface area contributed by atoms with Crippen LogP contribution in [-0.4, -0.2) is 64.7 Å². The highest BCUT2D eigenvalue weighted by atomic mass is 16.5. The summed E-state index contributed by atoms with van der Waals surface area (Å²) in [6.07, 6.45) is 4.20. The number of carbonyl (C=O) groups is 2. The molecule has 1 N–H and O–H groups in total. The number of aryl methyl sites for hydroxylation is 1. The maximum atomic E-state index is 12.7. The molecule has 7 heteroatoms. The predicted octanol–water partition coefficient (Wildman–Crippen LogP) is 1.73. The molecular formula is C18H28N4O3. The Kier molecular flexibility index (Phi) is 5.73. The third kappa shape index (κ3) is 4.03. The molecule has 3 heterocycles. The van der Waals surface area contributed by atoms with E-state index in [1.54, 1.807) is 6.92 Å². The Morgan fingerprint density at radius 2 is 2.00 bits per heavy atom. The first kappa shape index (κ1) is 17.9. The second kappa shape index (κ2) is 7.99. The molecular weight excluding hydrogens is 320 g/mol. The number of nitrogens with one attached hydrogen (secondary N) is 1. The Morgan fingerprint density at radius 1 is 1.24 bits per heavy atom. The van der Waals surface area contributed by atoms with Gasteiger partial charge in [0.2, 0.25) is 5.91 Å². The number of amides is 1. The maximum absolute atomic E-state index is 12.7. The van der Waals surface area contributed by atoms with Crippen LogP contribution >= 0.6 is 0 Å². The van der Waals surface area contributed by atoms with Crippen molar-refractivity contribution in [2.45, 2.75) is 46.1 Å². The van der Waals surface area contributed by atoms with Crippen LogP contribution in [0.4, 0.5) is 0 Å². The first-order valence-corrected chi connectivity index (χ1v) is 9.32. The number of hydrogen-bond donors (Lipinski definition) is 1. The monoisotopic (exact) mass is 348 g/mol. The van der Waals surface area contributed by atoms with Gasteiger partial charge in [-0.1, -0.05) is 0 Å². The van der Waals surface area contributed by atoms with E-state index in [2.05, 4.69) is 15.1 Å². The average molecular weight is 348 g/mol. The summed E-state index contributed by atoms with van der Waals surface area (Å²) in [6.45, 7) is 8.02. The summed E-state index contributed by atoms with van der Waals surface area (Å²) in [7, 11) is 0. The van der Waals surface area contributed by atoms with Gasteiger partial charge in [0.15, 0.2) is 0 Å². The summed E-state index contributed by atoms with van der Waals surface area (Å²) in [5.74, 6) is 0.0365. The lowest BCUT2D eigenvalue weighted by atomic mass is 9.96. The summed E-state index contributed by atoms with van der Waals surface area (Å²) in [4.78, 5) is 29.1. The van der Waals surface area contributed by atoms with E-state index in [0.29, 0.717) is 30.3 Å². The van der Waals surface area contributed by atoms with E-state index in [1.807, 2.05) is 11.8 Å². The number of aromatic nitrogens is 2. The van der Waals surface area contributed by atoms with Crippen molar-refractivity contribution in [3.63, 3.8) is 0 Å². The fourth-order valence-corrected chi connectivity index (χ4v) is 3.88. The van der Waals surface area contributed by atoms with Gasteiger partial charge in [-0.25, -0.2) is 4.79 Å². The minimum Gasteiger partial charge on any atom is -0.462 e. The summed E-state index contributed by atoms with van der Waals surface area (Å²) >= 11 is 0. The lowest BCUT2D eigenvalue weighted by Crippen LogP contribution is -2.43. The third-order valence-electron chi connectivity index (χ3n) is 5.15. The van der Waals surface area contributed by atoms with Crippen molar-refractivity contribution in [1.82, 2.24) is 20.0 Å². The Balaban J connectivity index is 1.65. The second-order valence-electron chi connectivity index (χ2n) is 7.00. The Hall–Kier alpha value is -1.89. The fourth-order valence-electron chi connectivity index (χ4n) is 3.88. The molecule has 2 aliphatic rings. The van der Waals surface area contributed by atoms with Gasteiger partial charge in [0.25, 0.3) is 0 Å². The number of likely N-dealkylation sites (tertiary alicyclic amines) is 2. The van der Waals surface area contributed by atoms with Crippen molar-refractivity contribution in [3.8, 4) is 0 Å². The topological polar surface area (TPSA) is 78.5 Å². The molecule has 0 saturated carbocycles. The van der Waals surface area contributed by atoms with Gasteiger partial charge in [-0.05, 0) is 46.1 Å². The van der Waals surface area contributed by atoms with Crippen LogP contribution in [0.2, 0.25) is 0 Å². The Morgan fingerprint density at radius 3 is 2.72 bits per heavy atom. The highest BCUT2D eigenvalue weighted by molar-refractivity contribution is 5.91. The molecule has 0 radical (unpaired) electrons. The SMILES string of the molecule is CCOC(=O)c1c(CN2CCCC(C(=O)N3CCCC3)C2)n[nH]c1C. The van der Waals surface area contributed by atoms with Crippen LogP contribution in [0.5, 0.6) is 0 Å². The van der Waals surface area contributed by atoms with E-state index in [9.17, 15) is 9.59 Å². The highest BCUT2D eigenvalue weighted by Crippen LogP contribution is 2.23. The lowest BCUT2D eigenvalue weighted by Gasteiger charge is -2.33. The number of H-pyrrole nitrogens is 1. The minimum atomic E-state index is -0.328. The van der Waals surface area contributed by atoms with E-state index in [0.717, 1.165) is 57.6 Å². The smallest absolute Gasteiger partial charge is 0.341 e. The lowest BCUT2D eigenvalue weighted by molar-refractivity contribution is -0.136. The molecule has 1 aromatic rings. The maximum Gasteiger partial charge on any atom is 0.341 e. The van der Waals surface area contributed by atoms with Gasteiger partial charge >= 0.3 is 5.97 Å². The zero-order valence-electron chi connectivity index (χ0n) is 15.2. The van der Waals surface area contributed by atoms with Crippen molar-refractivity contribution in [2.75, 3.05) is 32.8 Å². The van der Waals surface area contributed by atoms with Crippen LogP contribution < -0.4 is 0 Å². The Bertz CT molecular complexity index is 622. The molecule has 2 aliphatic heterocycles. The standard InChI is InChI=1S/C18H28N4O3/c1-3-25-18(24)16-13(2)19-20-15(16)12-21-8-6-7-14(11-21)17(23)22-9-4-5-10-22/h14H,3-12H2,1-2H3,(H,19,20). The van der Waals surface area contributed by atoms with Crippen molar-refractivity contribution in [1.29, 1.82) is 0 Å². The number of hydrogen-bond acceptors (Lipinski definition) is 5. The molecule has 0 spiro atoms. The molecule has 2 saturated heterocycles. The molecule has 1 aromatic heterocycles. The summed E-state index contributed by atoms with van der Waals surface area (Å²) in [6, 6.07) is 0. The van der Waals surface area contributed by atoms with Crippen LogP contribution in [0.1, 0.15) is 54.4 Å². The second-order valence-corrected chi connectivity index (χ2v) is 7.00. The number of carbonyl (C=O) groups excluding carboxylic acids is 2. The molecule has 7 nitrogen and oxygen atoms in total. The van der Waals surface area contributed by atoms with Gasteiger partial charge in [0.1, 0.15) is 5.56 Å². The zero-order chi connectivity index (χ0) is 17.8. The predicted molar refractivity (Wildman–Crippen MR) is 93.1 cm³/mol. The van der Waals surface area contributed by atoms with Gasteiger partial charge in [-0.15, -0.1) is 0 Å². The number of rotatable bonds is 5. The van der Waals surface area contributed by atoms with Crippen LogP contribution in [-0.2, 0) is 16.1 Å². The molecule has 1 unspecified atom stereocenters. The van der Waals surface area contributed by atoms with Gasteiger partial charge in [-0.2, -0.15) is 5.10 Å². The largest absolute Gasteiger partial charge is 0.462 e. The van der Waals surface area contributed by atoms with E-state index in [-0.39, 0.29) is 11.9 Å². The van der Waals surface area contributed by atoms with Crippen molar-refractivity contribution < 1.29 is 14.3 Å². The molecule has 0 bridgehead atoms. The molecule has 0 aromatic carbocycles. The molecule has 138 valence electrons. The third-order valence-corrected chi connectivity index (χ3v) is 5.15. The van der Waals surface area contributed by atoms with Gasteiger partial charge in [-0.3, -0.25) is 14.8 Å². The number of ether oxygens (including phenoxy) is 1. The highest BCUT2D eigenvalue weighted by Gasteiger charge is 2.31. The van der Waals surface area contributed by atoms with E-state index in [1.165, 1.54) is 0 Å². The number of nitrogens with zero attached hydrogens (tertiary/aromatic N) is 3. The average Bonchev–Trinajstić information content (AvgIpc) is 3.25. The van der Waals surface area contributed by atoms with Crippen molar-refractivity contribution >= 4 is 11.9 Å². The summed E-state index contributed by atoms with van der Waals surface area (Å²) in [5.41, 5.74) is 1.98. The molecule has 1 amide bonds. The van der Waals surface area contributed by atoms with Crippen molar-refractivity contribution in [2.24, 2.45) is 5.92 Å². The normalized spacial score (nSPS) is 21.5. The summed E-state index contributed by atoms with van der Waals surface area (Å²) in [5, 5.41) is 7.19. The van der Waals surface area contributed by atoms with E-state index < -0.39 is 0 Å². The molecule has 2 fully saturated rings. The molecule has 3 rings (SSSR count). The van der Waals surface area contributed by atoms with E-state index >= 15 is 0 Å². The quantitative estimate of drug-likeness (QED) is 0.820. The van der Waals surface area contributed by atoms with E-state index in [4.69, 9.17) is 4.74 Å². The van der Waals surface area contributed by atoms with Gasteiger partial charge in [0.05, 0.1) is 18.2 Å². The molecule has 1 atom stereocenters. The number of esters is 1. The number of aromatic amines is 1.